The average molecular weight is 322 g/mol. The van der Waals surface area contributed by atoms with Gasteiger partial charge < -0.3 is 4.42 Å². The summed E-state index contributed by atoms with van der Waals surface area (Å²) >= 11 is 0. The van der Waals surface area contributed by atoms with Gasteiger partial charge in [0.2, 0.25) is 10.0 Å². The van der Waals surface area contributed by atoms with Crippen molar-refractivity contribution in [1.29, 1.82) is 0 Å². The number of benzene rings is 1. The van der Waals surface area contributed by atoms with Crippen LogP contribution in [0.1, 0.15) is 17.0 Å². The Morgan fingerprint density at radius 2 is 2.09 bits per heavy atom. The highest BCUT2D eigenvalue weighted by atomic mass is 32.2. The maximum absolute atomic E-state index is 12.3. The molecule has 2 heterocycles. The molecule has 0 saturated heterocycles. The van der Waals surface area contributed by atoms with Crippen molar-refractivity contribution >= 4 is 21.1 Å². The number of nitrogens with one attached hydrogen (secondary N) is 3. The third-order valence-electron chi connectivity index (χ3n) is 3.42. The Morgan fingerprint density at radius 3 is 2.77 bits per heavy atom. The van der Waals surface area contributed by atoms with Crippen molar-refractivity contribution in [3.63, 3.8) is 0 Å². The van der Waals surface area contributed by atoms with E-state index in [1.165, 1.54) is 18.2 Å². The summed E-state index contributed by atoms with van der Waals surface area (Å²) in [6.45, 7) is 3.75. The fourth-order valence-corrected chi connectivity index (χ4v) is 3.19. The van der Waals surface area contributed by atoms with Crippen molar-refractivity contribution in [2.75, 3.05) is 0 Å². The van der Waals surface area contributed by atoms with Crippen LogP contribution < -0.4 is 10.5 Å². The van der Waals surface area contributed by atoms with E-state index in [9.17, 15) is 13.2 Å². The van der Waals surface area contributed by atoms with Crippen LogP contribution in [0.25, 0.3) is 11.1 Å². The summed E-state index contributed by atoms with van der Waals surface area (Å²) in [5, 5.41) is 6.82. The number of hydrogen-bond donors (Lipinski definition) is 3. The Morgan fingerprint density at radius 1 is 1.32 bits per heavy atom. The second-order valence-electron chi connectivity index (χ2n) is 4.91. The van der Waals surface area contributed by atoms with E-state index < -0.39 is 15.8 Å². The first-order valence-corrected chi connectivity index (χ1v) is 7.98. The number of aromatic nitrogens is 3. The summed E-state index contributed by atoms with van der Waals surface area (Å²) in [5.41, 5.74) is 3.01. The minimum absolute atomic E-state index is 0.0292. The van der Waals surface area contributed by atoms with Crippen molar-refractivity contribution in [3.05, 3.63) is 45.7 Å². The largest absolute Gasteiger partial charge is 0.417 e. The molecule has 0 amide bonds. The monoisotopic (exact) mass is 322 g/mol. The van der Waals surface area contributed by atoms with E-state index in [2.05, 4.69) is 19.9 Å². The molecule has 0 unspecified atom stereocenters. The number of rotatable bonds is 4. The molecule has 0 radical (unpaired) electrons. The predicted octanol–water partition coefficient (Wildman–Crippen LogP) is 0.940. The second-order valence-corrected chi connectivity index (χ2v) is 6.68. The summed E-state index contributed by atoms with van der Waals surface area (Å²) in [6.07, 6.45) is 0. The van der Waals surface area contributed by atoms with Crippen molar-refractivity contribution in [2.45, 2.75) is 25.3 Å². The first-order chi connectivity index (χ1) is 10.4. The van der Waals surface area contributed by atoms with Crippen LogP contribution >= 0.6 is 0 Å². The lowest BCUT2D eigenvalue weighted by molar-refractivity contribution is 0.553. The van der Waals surface area contributed by atoms with E-state index in [1.807, 2.05) is 6.92 Å². The molecule has 3 rings (SSSR count). The Balaban J connectivity index is 1.89. The van der Waals surface area contributed by atoms with Crippen LogP contribution in [-0.2, 0) is 16.6 Å². The highest BCUT2D eigenvalue weighted by molar-refractivity contribution is 7.89. The number of aryl methyl sites for hydroxylation is 2. The zero-order chi connectivity index (χ0) is 15.9. The molecule has 0 aliphatic carbocycles. The summed E-state index contributed by atoms with van der Waals surface area (Å²) in [7, 11) is -3.72. The van der Waals surface area contributed by atoms with E-state index in [0.29, 0.717) is 5.52 Å². The predicted molar refractivity (Wildman–Crippen MR) is 78.9 cm³/mol. The van der Waals surface area contributed by atoms with Crippen LogP contribution in [0.5, 0.6) is 0 Å². The standard InChI is InChI=1S/C13H14N4O4S/c1-7-10(8(2)17-16-7)6-14-22(19,20)9-3-4-11-12(5-9)21-13(18)15-11/h3-5,14H,6H2,1-2H3,(H,15,18)(H,16,17). The second kappa shape index (κ2) is 5.11. The Kier molecular flexibility index (Phi) is 3.38. The van der Waals surface area contributed by atoms with E-state index in [0.717, 1.165) is 17.0 Å². The Labute approximate surface area is 125 Å². The number of fused-ring (bicyclic) bond motifs is 1. The Bertz CT molecular complexity index is 977. The molecular weight excluding hydrogens is 308 g/mol. The first-order valence-electron chi connectivity index (χ1n) is 6.50. The molecule has 2 aromatic heterocycles. The van der Waals surface area contributed by atoms with Crippen LogP contribution in [0.3, 0.4) is 0 Å². The molecular formula is C13H14N4O4S. The highest BCUT2D eigenvalue weighted by Gasteiger charge is 2.17. The van der Waals surface area contributed by atoms with Gasteiger partial charge >= 0.3 is 5.76 Å². The van der Waals surface area contributed by atoms with Gasteiger partial charge in [-0.05, 0) is 26.0 Å². The number of sulfonamides is 1. The summed E-state index contributed by atoms with van der Waals surface area (Å²) < 4.78 is 32.0. The third-order valence-corrected chi connectivity index (χ3v) is 4.82. The number of oxazole rings is 1. The van der Waals surface area contributed by atoms with E-state index in [1.54, 1.807) is 6.92 Å². The Hall–Kier alpha value is -2.39. The summed E-state index contributed by atoms with van der Waals surface area (Å²) in [4.78, 5) is 13.6. The maximum atomic E-state index is 12.3. The minimum atomic E-state index is -3.72. The van der Waals surface area contributed by atoms with Gasteiger partial charge in [-0.25, -0.2) is 17.9 Å². The van der Waals surface area contributed by atoms with E-state index in [4.69, 9.17) is 4.42 Å². The van der Waals surface area contributed by atoms with Gasteiger partial charge in [-0.2, -0.15) is 5.10 Å². The highest BCUT2D eigenvalue weighted by Crippen LogP contribution is 2.17. The van der Waals surface area contributed by atoms with Crippen LogP contribution in [-0.4, -0.2) is 23.6 Å². The molecule has 3 aromatic rings. The molecule has 0 spiro atoms. The topological polar surface area (TPSA) is 121 Å². The lowest BCUT2D eigenvalue weighted by Crippen LogP contribution is -2.23. The molecule has 0 saturated carbocycles. The molecule has 0 bridgehead atoms. The van der Waals surface area contributed by atoms with Crippen molar-refractivity contribution in [3.8, 4) is 0 Å². The lowest BCUT2D eigenvalue weighted by atomic mass is 10.2. The van der Waals surface area contributed by atoms with E-state index in [-0.39, 0.29) is 17.0 Å². The van der Waals surface area contributed by atoms with Crippen LogP contribution in [0.4, 0.5) is 0 Å². The van der Waals surface area contributed by atoms with Crippen LogP contribution in [0.15, 0.2) is 32.3 Å². The number of nitrogens with zero attached hydrogens (tertiary/aromatic N) is 1. The zero-order valence-electron chi connectivity index (χ0n) is 11.9. The van der Waals surface area contributed by atoms with Gasteiger partial charge in [-0.3, -0.25) is 10.1 Å². The van der Waals surface area contributed by atoms with Gasteiger partial charge in [0, 0.05) is 23.9 Å². The van der Waals surface area contributed by atoms with Gasteiger partial charge in [0.25, 0.3) is 0 Å². The van der Waals surface area contributed by atoms with Crippen molar-refractivity contribution in [1.82, 2.24) is 19.9 Å². The fraction of sp³-hybridized carbons (Fsp3) is 0.231. The quantitative estimate of drug-likeness (QED) is 0.660. The fourth-order valence-electron chi connectivity index (χ4n) is 2.18. The smallest absolute Gasteiger partial charge is 0.408 e. The molecule has 0 aliphatic heterocycles. The molecule has 9 heteroatoms. The maximum Gasteiger partial charge on any atom is 0.417 e. The molecule has 0 aliphatic rings. The van der Waals surface area contributed by atoms with Gasteiger partial charge in [-0.15, -0.1) is 0 Å². The first kappa shape index (κ1) is 14.5. The molecule has 1 aromatic carbocycles. The SMILES string of the molecule is Cc1n[nH]c(C)c1CNS(=O)(=O)c1ccc2[nH]c(=O)oc2c1. The molecule has 116 valence electrons. The van der Waals surface area contributed by atoms with Crippen LogP contribution in [0, 0.1) is 13.8 Å². The third kappa shape index (κ3) is 2.55. The number of H-pyrrole nitrogens is 2. The van der Waals surface area contributed by atoms with Crippen LogP contribution in [0.2, 0.25) is 0 Å². The zero-order valence-corrected chi connectivity index (χ0v) is 12.7. The molecule has 3 N–H and O–H groups in total. The van der Waals surface area contributed by atoms with Crippen molar-refractivity contribution in [2.24, 2.45) is 0 Å². The minimum Gasteiger partial charge on any atom is -0.408 e. The van der Waals surface area contributed by atoms with E-state index >= 15 is 0 Å². The molecule has 8 nitrogen and oxygen atoms in total. The number of aromatic amines is 2. The molecule has 22 heavy (non-hydrogen) atoms. The number of hydrogen-bond acceptors (Lipinski definition) is 5. The summed E-state index contributed by atoms with van der Waals surface area (Å²) in [5.74, 6) is -0.623. The lowest BCUT2D eigenvalue weighted by Gasteiger charge is -2.07. The van der Waals surface area contributed by atoms with Gasteiger partial charge in [-0.1, -0.05) is 0 Å². The average Bonchev–Trinajstić information content (AvgIpc) is 2.98. The van der Waals surface area contributed by atoms with Gasteiger partial charge in [0.15, 0.2) is 5.58 Å². The van der Waals surface area contributed by atoms with Crippen molar-refractivity contribution < 1.29 is 12.8 Å². The summed E-state index contributed by atoms with van der Waals surface area (Å²) in [6, 6.07) is 4.21. The normalized spacial score (nSPS) is 12.1. The molecule has 0 atom stereocenters. The molecule has 0 fully saturated rings. The van der Waals surface area contributed by atoms with Gasteiger partial charge in [0.05, 0.1) is 16.1 Å². The van der Waals surface area contributed by atoms with Gasteiger partial charge in [0.1, 0.15) is 0 Å².